The fourth-order valence-corrected chi connectivity index (χ4v) is 1.88. The molecule has 0 aliphatic carbocycles. The van der Waals surface area contributed by atoms with Crippen LogP contribution in [0.15, 0.2) is 28.7 Å². The molecule has 2 N–H and O–H groups in total. The van der Waals surface area contributed by atoms with Gasteiger partial charge in [0.2, 0.25) is 0 Å². The van der Waals surface area contributed by atoms with Gasteiger partial charge in [-0.3, -0.25) is 0 Å². The number of halogens is 1. The molecule has 18 heavy (non-hydrogen) atoms. The van der Waals surface area contributed by atoms with Crippen molar-refractivity contribution in [2.45, 2.75) is 20.4 Å². The van der Waals surface area contributed by atoms with Crippen LogP contribution in [0.1, 0.15) is 17.0 Å². The van der Waals surface area contributed by atoms with E-state index in [1.807, 2.05) is 38.1 Å². The predicted molar refractivity (Wildman–Crippen MR) is 73.6 cm³/mol. The first-order valence-corrected chi connectivity index (χ1v) is 6.36. The minimum Gasteiger partial charge on any atom is -0.424 e. The van der Waals surface area contributed by atoms with E-state index in [-0.39, 0.29) is 0 Å². The minimum absolute atomic E-state index is 0.330. The summed E-state index contributed by atoms with van der Waals surface area (Å²) in [5.74, 6) is 0.734. The van der Waals surface area contributed by atoms with Crippen LogP contribution < -0.4 is 10.5 Å². The van der Waals surface area contributed by atoms with Crippen LogP contribution in [-0.2, 0) is 6.54 Å². The topological polar surface area (TPSA) is 61.0 Å². The van der Waals surface area contributed by atoms with Gasteiger partial charge in [-0.2, -0.15) is 4.98 Å². The highest BCUT2D eigenvalue weighted by Gasteiger charge is 2.06. The van der Waals surface area contributed by atoms with Crippen molar-refractivity contribution < 1.29 is 4.74 Å². The summed E-state index contributed by atoms with van der Waals surface area (Å²) >= 11 is 3.41. The first-order valence-electron chi connectivity index (χ1n) is 5.57. The molecule has 0 saturated heterocycles. The highest BCUT2D eigenvalue weighted by atomic mass is 79.9. The summed E-state index contributed by atoms with van der Waals surface area (Å²) in [7, 11) is 0. The third-order valence-electron chi connectivity index (χ3n) is 2.45. The number of ether oxygens (including phenoxy) is 1. The molecule has 1 aromatic carbocycles. The molecule has 0 saturated carbocycles. The monoisotopic (exact) mass is 307 g/mol. The van der Waals surface area contributed by atoms with E-state index in [1.54, 1.807) is 0 Å². The quantitative estimate of drug-likeness (QED) is 0.946. The largest absolute Gasteiger partial charge is 0.424 e. The Bertz CT molecular complexity index is 572. The van der Waals surface area contributed by atoms with Crippen molar-refractivity contribution in [3.05, 3.63) is 45.7 Å². The van der Waals surface area contributed by atoms with E-state index < -0.39 is 0 Å². The van der Waals surface area contributed by atoms with Crippen LogP contribution in [0, 0.1) is 13.8 Å². The molecular weight excluding hydrogens is 294 g/mol. The van der Waals surface area contributed by atoms with Crippen molar-refractivity contribution in [1.29, 1.82) is 0 Å². The standard InChI is InChI=1S/C13H14BrN3O/c1-8-3-4-10(14)6-12(8)18-13-16-9(2)5-11(7-15)17-13/h3-6H,7,15H2,1-2H3. The molecule has 5 heteroatoms. The average molecular weight is 308 g/mol. The SMILES string of the molecule is Cc1cc(CN)nc(Oc2cc(Br)ccc2C)n1. The van der Waals surface area contributed by atoms with Crippen LogP contribution >= 0.6 is 15.9 Å². The summed E-state index contributed by atoms with van der Waals surface area (Å²) in [4.78, 5) is 8.49. The van der Waals surface area contributed by atoms with Gasteiger partial charge in [0, 0.05) is 16.7 Å². The van der Waals surface area contributed by atoms with Crippen LogP contribution in [-0.4, -0.2) is 9.97 Å². The minimum atomic E-state index is 0.330. The van der Waals surface area contributed by atoms with Crippen LogP contribution in [0.5, 0.6) is 11.8 Å². The summed E-state index contributed by atoms with van der Waals surface area (Å²) < 4.78 is 6.66. The maximum absolute atomic E-state index is 5.71. The van der Waals surface area contributed by atoms with Gasteiger partial charge in [0.1, 0.15) is 5.75 Å². The number of nitrogens with zero attached hydrogens (tertiary/aromatic N) is 2. The molecule has 4 nitrogen and oxygen atoms in total. The molecule has 1 heterocycles. The van der Waals surface area contributed by atoms with Crippen molar-refractivity contribution in [1.82, 2.24) is 9.97 Å². The molecule has 2 aromatic rings. The zero-order valence-corrected chi connectivity index (χ0v) is 11.9. The first kappa shape index (κ1) is 13.0. The maximum atomic E-state index is 5.71. The summed E-state index contributed by atoms with van der Waals surface area (Å²) in [5, 5.41) is 0. The lowest BCUT2D eigenvalue weighted by Crippen LogP contribution is -2.03. The number of rotatable bonds is 3. The average Bonchev–Trinajstić information content (AvgIpc) is 2.33. The lowest BCUT2D eigenvalue weighted by atomic mass is 10.2. The Balaban J connectivity index is 2.33. The van der Waals surface area contributed by atoms with E-state index in [0.717, 1.165) is 27.2 Å². The Hall–Kier alpha value is -1.46. The number of hydrogen-bond donors (Lipinski definition) is 1. The molecule has 1 aromatic heterocycles. The summed E-state index contributed by atoms with van der Waals surface area (Å²) in [6.07, 6.45) is 0. The van der Waals surface area contributed by atoms with E-state index >= 15 is 0 Å². The Morgan fingerprint density at radius 2 is 2.00 bits per heavy atom. The molecule has 0 spiro atoms. The molecule has 0 fully saturated rings. The number of benzene rings is 1. The van der Waals surface area contributed by atoms with Gasteiger partial charge in [-0.25, -0.2) is 4.98 Å². The summed E-state index contributed by atoms with van der Waals surface area (Å²) in [6.45, 7) is 4.24. The van der Waals surface area contributed by atoms with Gasteiger partial charge in [-0.15, -0.1) is 0 Å². The van der Waals surface area contributed by atoms with Gasteiger partial charge in [-0.1, -0.05) is 22.0 Å². The second-order valence-electron chi connectivity index (χ2n) is 4.00. The molecule has 0 aliphatic heterocycles. The number of aromatic nitrogens is 2. The molecule has 94 valence electrons. The van der Waals surface area contributed by atoms with E-state index in [2.05, 4.69) is 25.9 Å². The number of hydrogen-bond acceptors (Lipinski definition) is 4. The molecule has 0 unspecified atom stereocenters. The van der Waals surface area contributed by atoms with Gasteiger partial charge in [-0.05, 0) is 37.6 Å². The Kier molecular flexibility index (Phi) is 3.93. The maximum Gasteiger partial charge on any atom is 0.322 e. The zero-order valence-electron chi connectivity index (χ0n) is 10.3. The normalized spacial score (nSPS) is 10.4. The van der Waals surface area contributed by atoms with Crippen LogP contribution in [0.3, 0.4) is 0 Å². The summed E-state index contributed by atoms with van der Waals surface area (Å²) in [5.41, 5.74) is 8.22. The fourth-order valence-electron chi connectivity index (χ4n) is 1.54. The van der Waals surface area contributed by atoms with Gasteiger partial charge in [0.15, 0.2) is 0 Å². The molecule has 0 atom stereocenters. The molecular formula is C13H14BrN3O. The van der Waals surface area contributed by atoms with Crippen molar-refractivity contribution in [2.75, 3.05) is 0 Å². The molecule has 0 amide bonds. The predicted octanol–water partition coefficient (Wildman–Crippen LogP) is 3.11. The lowest BCUT2D eigenvalue weighted by Gasteiger charge is -2.09. The highest BCUT2D eigenvalue weighted by Crippen LogP contribution is 2.26. The van der Waals surface area contributed by atoms with Crippen molar-refractivity contribution in [3.8, 4) is 11.8 Å². The van der Waals surface area contributed by atoms with E-state index in [9.17, 15) is 0 Å². The second kappa shape index (κ2) is 5.46. The molecule has 0 radical (unpaired) electrons. The van der Waals surface area contributed by atoms with Crippen LogP contribution in [0.25, 0.3) is 0 Å². The first-order chi connectivity index (χ1) is 8.58. The van der Waals surface area contributed by atoms with E-state index in [1.165, 1.54) is 0 Å². The Labute approximate surface area is 114 Å². The van der Waals surface area contributed by atoms with Gasteiger partial charge in [0.05, 0.1) is 5.69 Å². The molecule has 2 rings (SSSR count). The zero-order chi connectivity index (χ0) is 13.1. The van der Waals surface area contributed by atoms with Gasteiger partial charge >= 0.3 is 6.01 Å². The Morgan fingerprint density at radius 3 is 2.72 bits per heavy atom. The van der Waals surface area contributed by atoms with Gasteiger partial charge < -0.3 is 10.5 Å². The van der Waals surface area contributed by atoms with Crippen LogP contribution in [0.2, 0.25) is 0 Å². The number of aryl methyl sites for hydroxylation is 2. The van der Waals surface area contributed by atoms with Gasteiger partial charge in [0.25, 0.3) is 0 Å². The van der Waals surface area contributed by atoms with Crippen molar-refractivity contribution in [2.24, 2.45) is 5.73 Å². The third-order valence-corrected chi connectivity index (χ3v) is 2.94. The van der Waals surface area contributed by atoms with E-state index in [4.69, 9.17) is 10.5 Å². The Morgan fingerprint density at radius 1 is 1.22 bits per heavy atom. The second-order valence-corrected chi connectivity index (χ2v) is 4.91. The summed E-state index contributed by atoms with van der Waals surface area (Å²) in [6, 6.07) is 8.00. The lowest BCUT2D eigenvalue weighted by molar-refractivity contribution is 0.434. The van der Waals surface area contributed by atoms with Crippen molar-refractivity contribution >= 4 is 15.9 Å². The smallest absolute Gasteiger partial charge is 0.322 e. The van der Waals surface area contributed by atoms with E-state index in [0.29, 0.717) is 12.6 Å². The molecule has 0 bridgehead atoms. The van der Waals surface area contributed by atoms with Crippen LogP contribution in [0.4, 0.5) is 0 Å². The van der Waals surface area contributed by atoms with Crippen molar-refractivity contribution in [3.63, 3.8) is 0 Å². The number of nitrogens with two attached hydrogens (primary N) is 1. The highest BCUT2D eigenvalue weighted by molar-refractivity contribution is 9.10. The molecule has 0 aliphatic rings. The third kappa shape index (κ3) is 3.05. The fraction of sp³-hybridized carbons (Fsp3) is 0.231.